The highest BCUT2D eigenvalue weighted by Gasteiger charge is 2.50. The largest absolute Gasteiger partial charge is 0.488 e. The Labute approximate surface area is 354 Å². The molecule has 2 aromatic heterocycles. The molecule has 14 rings (SSSR count). The Kier molecular flexibility index (Phi) is 7.89. The molecule has 1 aliphatic heterocycles. The molecular formula is C53H41N3O3S. The summed E-state index contributed by atoms with van der Waals surface area (Å²) >= 11 is 1.65. The van der Waals surface area contributed by atoms with Crippen LogP contribution < -0.4 is 9.47 Å². The Morgan fingerprint density at radius 2 is 1.10 bits per heavy atom. The Morgan fingerprint density at radius 1 is 0.667 bits per heavy atom. The molecule has 292 valence electrons. The number of hydrogen-bond donors (Lipinski definition) is 0. The lowest BCUT2D eigenvalue weighted by atomic mass is 9.53. The lowest BCUT2D eigenvalue weighted by Crippen LogP contribution is -2.35. The van der Waals surface area contributed by atoms with Crippen LogP contribution in [0.1, 0.15) is 131 Å². The molecule has 0 spiro atoms. The van der Waals surface area contributed by atoms with Gasteiger partial charge in [-0.3, -0.25) is 4.68 Å². The summed E-state index contributed by atoms with van der Waals surface area (Å²) in [5, 5.41) is 8.21. The maximum Gasteiger partial charge on any atom is 0.188 e. The van der Waals surface area contributed by atoms with Gasteiger partial charge in [0.1, 0.15) is 10.6 Å². The molecular weight excluding hydrogens is 759 g/mol. The minimum Gasteiger partial charge on any atom is -0.488 e. The molecule has 7 heteroatoms. The number of rotatable bonds is 4. The smallest absolute Gasteiger partial charge is 0.188 e. The van der Waals surface area contributed by atoms with Gasteiger partial charge in [0.25, 0.3) is 0 Å². The molecule has 0 radical (unpaired) electrons. The molecule has 7 aromatic rings. The monoisotopic (exact) mass is 799 g/mol. The van der Waals surface area contributed by atoms with Gasteiger partial charge in [0, 0.05) is 46.7 Å². The minimum atomic E-state index is -0.371. The Balaban J connectivity index is 1.06. The van der Waals surface area contributed by atoms with Crippen molar-refractivity contribution in [3.63, 3.8) is 0 Å². The summed E-state index contributed by atoms with van der Waals surface area (Å²) in [6.45, 7) is 7.98. The molecule has 0 saturated carbocycles. The molecule has 7 aliphatic rings. The SMILES string of the molecule is CC#Cc1c2c(c(C#Cc3sc(C)c4c3OCC(C)(COCc3cn(C)nn3)CO4)c3c1C1c4ccccc4C3c3ccccc31)C1c3ccccc3C2c2ccccc21. The molecule has 4 bridgehead atoms. The third kappa shape index (κ3) is 5.06. The van der Waals surface area contributed by atoms with E-state index in [1.165, 1.54) is 72.3 Å². The van der Waals surface area contributed by atoms with Crippen molar-refractivity contribution in [3.05, 3.63) is 197 Å². The number of benzene rings is 5. The van der Waals surface area contributed by atoms with Crippen LogP contribution in [-0.4, -0.2) is 34.8 Å². The van der Waals surface area contributed by atoms with Gasteiger partial charge in [-0.1, -0.05) is 121 Å². The Bertz CT molecular complexity index is 2870. The van der Waals surface area contributed by atoms with Crippen molar-refractivity contribution in [1.82, 2.24) is 15.0 Å². The number of aromatic nitrogens is 3. The second-order valence-electron chi connectivity index (χ2n) is 17.2. The first kappa shape index (κ1) is 35.6. The van der Waals surface area contributed by atoms with Crippen molar-refractivity contribution >= 4 is 11.3 Å². The quantitative estimate of drug-likeness (QED) is 0.166. The van der Waals surface area contributed by atoms with Crippen molar-refractivity contribution in [1.29, 1.82) is 0 Å². The number of aryl methyl sites for hydroxylation is 2. The molecule has 60 heavy (non-hydrogen) atoms. The Morgan fingerprint density at radius 3 is 1.52 bits per heavy atom. The first-order chi connectivity index (χ1) is 29.4. The summed E-state index contributed by atoms with van der Waals surface area (Å²) in [7, 11) is 1.86. The second-order valence-corrected chi connectivity index (χ2v) is 18.4. The normalized spacial score (nSPS) is 21.5. The molecule has 3 heterocycles. The van der Waals surface area contributed by atoms with E-state index in [2.05, 4.69) is 145 Å². The zero-order valence-corrected chi connectivity index (χ0v) is 34.7. The van der Waals surface area contributed by atoms with Crippen LogP contribution in [0, 0.1) is 36.0 Å². The summed E-state index contributed by atoms with van der Waals surface area (Å²) in [5.41, 5.74) is 19.0. The maximum atomic E-state index is 6.72. The van der Waals surface area contributed by atoms with E-state index in [1.807, 2.05) is 20.2 Å². The second kappa shape index (κ2) is 13.3. The lowest BCUT2D eigenvalue weighted by Gasteiger charge is -2.48. The van der Waals surface area contributed by atoms with Crippen LogP contribution in [0.5, 0.6) is 11.5 Å². The van der Waals surface area contributed by atoms with Crippen LogP contribution in [0.25, 0.3) is 0 Å². The van der Waals surface area contributed by atoms with Crippen molar-refractivity contribution in [2.45, 2.75) is 51.0 Å². The summed E-state index contributed by atoms with van der Waals surface area (Å²) < 4.78 is 21.1. The first-order valence-electron chi connectivity index (χ1n) is 20.8. The standard InChI is InChI=1S/C53H41N3O3S/c1-5-14-40-47-43-32-15-6-10-19-36(32)45(37-20-11-7-16-33(37)43)49(47)41(50-46-38-21-12-8-17-34(38)44(48(40)50)35-18-9-13-22-39(35)46)23-24-42-52-51(30(2)60-42)58-28-53(3,29-59-52)27-57-26-31-25-56(4)55-54-31/h6-13,15-22,25,43-46H,26-29H2,1-4H3. The summed E-state index contributed by atoms with van der Waals surface area (Å²) in [4.78, 5) is 1.94. The topological polar surface area (TPSA) is 58.4 Å². The number of hydrogen-bond acceptors (Lipinski definition) is 6. The van der Waals surface area contributed by atoms with E-state index in [0.717, 1.165) is 32.5 Å². The summed E-state index contributed by atoms with van der Waals surface area (Å²) in [6, 6.07) is 36.3. The molecule has 1 unspecified atom stereocenters. The van der Waals surface area contributed by atoms with E-state index in [-0.39, 0.29) is 29.1 Å². The third-order valence-electron chi connectivity index (χ3n) is 13.3. The van der Waals surface area contributed by atoms with Crippen molar-refractivity contribution in [2.24, 2.45) is 12.5 Å². The van der Waals surface area contributed by atoms with Gasteiger partial charge in [0.05, 0.1) is 38.0 Å². The van der Waals surface area contributed by atoms with Gasteiger partial charge >= 0.3 is 0 Å². The van der Waals surface area contributed by atoms with Gasteiger partial charge in [0.15, 0.2) is 11.5 Å². The van der Waals surface area contributed by atoms with E-state index in [1.54, 1.807) is 16.0 Å². The van der Waals surface area contributed by atoms with Gasteiger partial charge in [-0.15, -0.1) is 22.4 Å². The summed E-state index contributed by atoms with van der Waals surface area (Å²) in [6.07, 6.45) is 1.87. The molecule has 1 atom stereocenters. The van der Waals surface area contributed by atoms with Crippen LogP contribution in [0.4, 0.5) is 0 Å². The third-order valence-corrected chi connectivity index (χ3v) is 14.3. The predicted molar refractivity (Wildman–Crippen MR) is 233 cm³/mol. The number of ether oxygens (including phenoxy) is 3. The van der Waals surface area contributed by atoms with E-state index in [4.69, 9.17) is 14.2 Å². The van der Waals surface area contributed by atoms with E-state index < -0.39 is 0 Å². The first-order valence-corrected chi connectivity index (χ1v) is 21.6. The molecule has 0 saturated heterocycles. The number of nitrogens with zero attached hydrogens (tertiary/aromatic N) is 3. The molecule has 6 aliphatic carbocycles. The fourth-order valence-corrected chi connectivity index (χ4v) is 11.9. The molecule has 0 fully saturated rings. The molecule has 6 nitrogen and oxygen atoms in total. The zero-order chi connectivity index (χ0) is 40.3. The van der Waals surface area contributed by atoms with Crippen LogP contribution in [0.15, 0.2) is 103 Å². The van der Waals surface area contributed by atoms with Crippen LogP contribution >= 0.6 is 11.3 Å². The van der Waals surface area contributed by atoms with Crippen LogP contribution in [-0.2, 0) is 18.4 Å². The highest BCUT2D eigenvalue weighted by molar-refractivity contribution is 7.13. The number of thiophene rings is 1. The lowest BCUT2D eigenvalue weighted by molar-refractivity contribution is -0.00159. The predicted octanol–water partition coefficient (Wildman–Crippen LogP) is 9.92. The van der Waals surface area contributed by atoms with E-state index >= 15 is 0 Å². The average molecular weight is 800 g/mol. The number of fused-ring (bicyclic) bond motifs is 1. The van der Waals surface area contributed by atoms with Crippen molar-refractivity contribution in [2.75, 3.05) is 19.8 Å². The Hall–Kier alpha value is -6.38. The molecule has 0 N–H and O–H groups in total. The molecule has 5 aromatic carbocycles. The van der Waals surface area contributed by atoms with Crippen molar-refractivity contribution in [3.8, 4) is 35.2 Å². The van der Waals surface area contributed by atoms with Crippen molar-refractivity contribution < 1.29 is 14.2 Å². The maximum absolute atomic E-state index is 6.72. The van der Waals surface area contributed by atoms with Gasteiger partial charge in [-0.2, -0.15) is 0 Å². The zero-order valence-electron chi connectivity index (χ0n) is 33.9. The molecule has 0 amide bonds. The highest BCUT2D eigenvalue weighted by Crippen LogP contribution is 2.64. The van der Waals surface area contributed by atoms with Crippen LogP contribution in [0.2, 0.25) is 0 Å². The van der Waals surface area contributed by atoms with Gasteiger partial charge in [-0.25, -0.2) is 0 Å². The van der Waals surface area contributed by atoms with E-state index in [9.17, 15) is 0 Å². The minimum absolute atomic E-state index is 0.0275. The average Bonchev–Trinajstić information content (AvgIpc) is 3.78. The van der Waals surface area contributed by atoms with E-state index in [0.29, 0.717) is 26.4 Å². The van der Waals surface area contributed by atoms with Gasteiger partial charge in [-0.05, 0) is 86.5 Å². The summed E-state index contributed by atoms with van der Waals surface area (Å²) in [5.74, 6) is 16.6. The van der Waals surface area contributed by atoms with Gasteiger partial charge < -0.3 is 14.2 Å². The fourth-order valence-electron chi connectivity index (χ4n) is 11.0. The fraction of sp³-hybridized carbons (Fsp3) is 0.245. The highest BCUT2D eigenvalue weighted by atomic mass is 32.1. The van der Waals surface area contributed by atoms with Gasteiger partial charge in [0.2, 0.25) is 0 Å². The van der Waals surface area contributed by atoms with Crippen LogP contribution in [0.3, 0.4) is 0 Å².